The first-order valence-electron chi connectivity index (χ1n) is 13.9. The monoisotopic (exact) mass is 614 g/mol. The third-order valence-corrected chi connectivity index (χ3v) is 6.98. The zero-order valence-corrected chi connectivity index (χ0v) is 26.1. The third-order valence-electron chi connectivity index (χ3n) is 6.98. The van der Waals surface area contributed by atoms with Gasteiger partial charge in [0.1, 0.15) is 17.1 Å². The zero-order valence-electron chi connectivity index (χ0n) is 26.1. The van der Waals surface area contributed by atoms with Crippen LogP contribution in [0.3, 0.4) is 0 Å². The van der Waals surface area contributed by atoms with Gasteiger partial charge < -0.3 is 45.0 Å². The van der Waals surface area contributed by atoms with Crippen LogP contribution >= 0.6 is 0 Å². The fourth-order valence-electron chi connectivity index (χ4n) is 4.73. The number of methoxy groups -OCH3 is 1. The van der Waals surface area contributed by atoms with E-state index < -0.39 is 29.2 Å². The summed E-state index contributed by atoms with van der Waals surface area (Å²) >= 11 is 0. The molecule has 2 heterocycles. The number of ether oxygens (including phenoxy) is 3. The van der Waals surface area contributed by atoms with Crippen molar-refractivity contribution in [3.63, 3.8) is 0 Å². The van der Waals surface area contributed by atoms with Crippen LogP contribution in [-0.2, 0) is 20.7 Å². The second-order valence-corrected chi connectivity index (χ2v) is 10.6. The molecule has 1 aromatic heterocycles. The van der Waals surface area contributed by atoms with Crippen molar-refractivity contribution in [3.05, 3.63) is 69.1 Å². The standard InChI is InChI=1S/C30H35NO8.CH5N.CH2O2/c1-16(2)7-8-18-15-19(9-11-21(18)32)28(34)31-25-26(33)20-10-12-22(17(3)27(20)38-29(25)35)37-24-14-13-23(36-6)30(4,5)39-24;1-2;2-1-3/h7,9-12,15,23-24,32-33H,8,13-14H2,1-6H3,(H,31,34);2H2,1H3;1H,(H,2,3). The summed E-state index contributed by atoms with van der Waals surface area (Å²) in [7, 11) is 3.16. The van der Waals surface area contributed by atoms with Gasteiger partial charge in [-0.3, -0.25) is 9.59 Å². The van der Waals surface area contributed by atoms with Gasteiger partial charge in [0.25, 0.3) is 12.4 Å². The van der Waals surface area contributed by atoms with E-state index in [4.69, 9.17) is 28.5 Å². The largest absolute Gasteiger partial charge is 0.508 e. The summed E-state index contributed by atoms with van der Waals surface area (Å²) in [6.07, 6.45) is 3.18. The number of carbonyl (C=O) groups excluding carboxylic acids is 1. The first kappa shape index (κ1) is 35.8. The Morgan fingerprint density at radius 2 is 1.82 bits per heavy atom. The highest BCUT2D eigenvalue weighted by Gasteiger charge is 2.39. The van der Waals surface area contributed by atoms with E-state index >= 15 is 0 Å². The number of fused-ring (bicyclic) bond motifs is 1. The molecule has 0 aliphatic carbocycles. The molecule has 0 radical (unpaired) electrons. The molecule has 1 aliphatic heterocycles. The van der Waals surface area contributed by atoms with Crippen LogP contribution in [0, 0.1) is 6.92 Å². The van der Waals surface area contributed by atoms with E-state index in [-0.39, 0.29) is 40.5 Å². The van der Waals surface area contributed by atoms with Crippen LogP contribution in [-0.4, -0.2) is 59.9 Å². The number of nitrogens with one attached hydrogen (secondary N) is 1. The number of carboxylic acid groups (broad SMARTS) is 1. The lowest BCUT2D eigenvalue weighted by molar-refractivity contribution is -0.233. The molecule has 240 valence electrons. The van der Waals surface area contributed by atoms with Gasteiger partial charge in [0.2, 0.25) is 6.29 Å². The molecular weight excluding hydrogens is 572 g/mol. The van der Waals surface area contributed by atoms with E-state index in [1.807, 2.05) is 33.8 Å². The number of nitrogens with two attached hydrogens (primary N) is 1. The van der Waals surface area contributed by atoms with Crippen LogP contribution in [0.5, 0.6) is 17.2 Å². The van der Waals surface area contributed by atoms with Gasteiger partial charge in [-0.05, 0) is 90.4 Å². The molecule has 6 N–H and O–H groups in total. The Morgan fingerprint density at radius 3 is 2.41 bits per heavy atom. The molecule has 12 heteroatoms. The highest BCUT2D eigenvalue weighted by atomic mass is 16.7. The lowest BCUT2D eigenvalue weighted by atomic mass is 9.94. The average Bonchev–Trinajstić information content (AvgIpc) is 2.97. The van der Waals surface area contributed by atoms with Gasteiger partial charge in [0, 0.05) is 24.7 Å². The second-order valence-electron chi connectivity index (χ2n) is 10.6. The molecule has 0 spiro atoms. The number of allylic oxidation sites excluding steroid dienone is 2. The van der Waals surface area contributed by atoms with Crippen molar-refractivity contribution in [2.75, 3.05) is 19.5 Å². The van der Waals surface area contributed by atoms with E-state index in [1.165, 1.54) is 19.2 Å². The van der Waals surface area contributed by atoms with Crippen molar-refractivity contribution in [2.24, 2.45) is 5.73 Å². The van der Waals surface area contributed by atoms with E-state index in [0.717, 1.165) is 12.0 Å². The molecule has 1 saturated heterocycles. The number of hydrogen-bond acceptors (Lipinski definition) is 10. The van der Waals surface area contributed by atoms with Gasteiger partial charge in [-0.2, -0.15) is 0 Å². The van der Waals surface area contributed by atoms with Crippen LogP contribution in [0.25, 0.3) is 11.0 Å². The molecule has 1 aliphatic rings. The first-order valence-corrected chi connectivity index (χ1v) is 13.9. The van der Waals surface area contributed by atoms with Crippen molar-refractivity contribution in [2.45, 2.75) is 71.9 Å². The fraction of sp³-hybridized carbons (Fsp3) is 0.406. The van der Waals surface area contributed by atoms with Crippen molar-refractivity contribution in [3.8, 4) is 17.2 Å². The third kappa shape index (κ3) is 8.59. The number of aryl methyl sites for hydroxylation is 1. The normalized spacial score (nSPS) is 16.8. The van der Waals surface area contributed by atoms with Crippen molar-refractivity contribution >= 4 is 29.0 Å². The van der Waals surface area contributed by atoms with Crippen molar-refractivity contribution in [1.29, 1.82) is 0 Å². The van der Waals surface area contributed by atoms with Gasteiger partial charge in [-0.25, -0.2) is 4.79 Å². The minimum atomic E-state index is -0.907. The first-order chi connectivity index (χ1) is 20.8. The number of aromatic hydroxyl groups is 2. The molecule has 0 saturated carbocycles. The second kappa shape index (κ2) is 15.9. The molecule has 4 rings (SSSR count). The van der Waals surface area contributed by atoms with Gasteiger partial charge in [-0.1, -0.05) is 11.6 Å². The lowest BCUT2D eigenvalue weighted by Crippen LogP contribution is -2.49. The van der Waals surface area contributed by atoms with E-state index in [0.29, 0.717) is 29.7 Å². The summed E-state index contributed by atoms with van der Waals surface area (Å²) < 4.78 is 23.2. The Kier molecular flexibility index (Phi) is 12.9. The smallest absolute Gasteiger partial charge is 0.364 e. The number of amides is 1. The summed E-state index contributed by atoms with van der Waals surface area (Å²) in [5, 5.41) is 30.7. The molecule has 1 fully saturated rings. The van der Waals surface area contributed by atoms with Crippen LogP contribution in [0.15, 0.2) is 51.2 Å². The van der Waals surface area contributed by atoms with Gasteiger partial charge >= 0.3 is 5.63 Å². The zero-order chi connectivity index (χ0) is 33.2. The number of anilines is 1. The highest BCUT2D eigenvalue weighted by molar-refractivity contribution is 6.06. The number of benzene rings is 2. The molecule has 0 bridgehead atoms. The average molecular weight is 615 g/mol. The van der Waals surface area contributed by atoms with Gasteiger partial charge in [0.05, 0.1) is 17.1 Å². The summed E-state index contributed by atoms with van der Waals surface area (Å²) in [6, 6.07) is 7.63. The predicted octanol–water partition coefficient (Wildman–Crippen LogP) is 4.86. The van der Waals surface area contributed by atoms with E-state index in [9.17, 15) is 19.8 Å². The topological polar surface area (TPSA) is 191 Å². The summed E-state index contributed by atoms with van der Waals surface area (Å²) in [5.74, 6) is -0.526. The Labute approximate surface area is 256 Å². The number of hydrogen-bond donors (Lipinski definition) is 5. The molecule has 2 unspecified atom stereocenters. The molecule has 44 heavy (non-hydrogen) atoms. The van der Waals surface area contributed by atoms with Crippen LogP contribution < -0.4 is 21.4 Å². The van der Waals surface area contributed by atoms with Crippen LogP contribution in [0.1, 0.15) is 62.0 Å². The minimum absolute atomic E-state index is 0.0517. The minimum Gasteiger partial charge on any atom is -0.508 e. The summed E-state index contributed by atoms with van der Waals surface area (Å²) in [6.45, 7) is 9.23. The Morgan fingerprint density at radius 1 is 1.16 bits per heavy atom. The molecule has 1 amide bonds. The maximum absolute atomic E-state index is 13.0. The summed E-state index contributed by atoms with van der Waals surface area (Å²) in [5.41, 5.74) is 5.19. The van der Waals surface area contributed by atoms with Crippen molar-refractivity contribution < 1.29 is 43.5 Å². The number of carbonyl (C=O) groups is 2. The molecule has 3 aromatic rings. The SMILES string of the molecule is CN.COC1CCC(Oc2ccc3c(O)c(NC(=O)c4ccc(O)c(CC=C(C)C)c4)c(=O)oc3c2C)OC1(C)C.O=CO. The van der Waals surface area contributed by atoms with Crippen LogP contribution in [0.4, 0.5) is 5.69 Å². The Hall–Kier alpha value is -4.39. The van der Waals surface area contributed by atoms with Crippen LogP contribution in [0.2, 0.25) is 0 Å². The lowest BCUT2D eigenvalue weighted by Gasteiger charge is -2.41. The number of rotatable bonds is 7. The highest BCUT2D eigenvalue weighted by Crippen LogP contribution is 2.37. The van der Waals surface area contributed by atoms with Gasteiger partial charge in [0.15, 0.2) is 11.4 Å². The predicted molar refractivity (Wildman–Crippen MR) is 166 cm³/mol. The van der Waals surface area contributed by atoms with Crippen molar-refractivity contribution in [1.82, 2.24) is 0 Å². The molecule has 12 nitrogen and oxygen atoms in total. The Balaban J connectivity index is 0.00000127. The molecule has 2 atom stereocenters. The van der Waals surface area contributed by atoms with E-state index in [2.05, 4.69) is 11.1 Å². The van der Waals surface area contributed by atoms with E-state index in [1.54, 1.807) is 32.2 Å². The van der Waals surface area contributed by atoms with Gasteiger partial charge in [-0.15, -0.1) is 0 Å². The molecular formula is C32H42N2O10. The number of phenols is 1. The number of phenolic OH excluding ortho intramolecular Hbond substituents is 1. The Bertz CT molecular complexity index is 1540. The maximum atomic E-state index is 13.0. The quantitative estimate of drug-likeness (QED) is 0.139. The fourth-order valence-corrected chi connectivity index (χ4v) is 4.73. The molecule has 2 aromatic carbocycles. The summed E-state index contributed by atoms with van der Waals surface area (Å²) in [4.78, 5) is 34.2. The maximum Gasteiger partial charge on any atom is 0.364 e.